The van der Waals surface area contributed by atoms with Crippen LogP contribution in [0.5, 0.6) is 5.75 Å². The van der Waals surface area contributed by atoms with E-state index in [9.17, 15) is 14.4 Å². The fourth-order valence-electron chi connectivity index (χ4n) is 2.53. The van der Waals surface area contributed by atoms with E-state index in [1.807, 2.05) is 6.92 Å². The lowest BCUT2D eigenvalue weighted by Crippen LogP contribution is -2.48. The summed E-state index contributed by atoms with van der Waals surface area (Å²) < 4.78 is 5.49. The first kappa shape index (κ1) is 16.4. The summed E-state index contributed by atoms with van der Waals surface area (Å²) in [7, 11) is 0. The van der Waals surface area contributed by atoms with Gasteiger partial charge >= 0.3 is 0 Å². The highest BCUT2D eigenvalue weighted by Gasteiger charge is 2.40. The molecule has 1 heterocycles. The van der Waals surface area contributed by atoms with Crippen LogP contribution in [0.1, 0.15) is 32.6 Å². The number of benzene rings is 1. The van der Waals surface area contributed by atoms with E-state index in [0.717, 1.165) is 24.2 Å². The molecule has 0 aromatic heterocycles. The maximum absolute atomic E-state index is 12.4. The molecule has 2 aliphatic rings. The summed E-state index contributed by atoms with van der Waals surface area (Å²) in [5.41, 5.74) is 5.72. The number of carbonyl (C=O) groups excluding carboxylic acids is 3. The lowest BCUT2D eigenvalue weighted by molar-refractivity contribution is -0.124. The van der Waals surface area contributed by atoms with E-state index in [1.165, 1.54) is 0 Å². The number of nitrogens with one attached hydrogen (secondary N) is 2. The van der Waals surface area contributed by atoms with Gasteiger partial charge in [0, 0.05) is 5.92 Å². The van der Waals surface area contributed by atoms with Crippen LogP contribution in [-0.2, 0) is 14.4 Å². The molecule has 1 aromatic rings. The SMILES string of the molecule is CCCOc1ccc(N2C(=O)C[C@@H](NNC(=O)C3CC3)C2=O)cc1. The fraction of sp³-hybridized carbons (Fsp3) is 0.471. The molecule has 1 saturated carbocycles. The minimum Gasteiger partial charge on any atom is -0.494 e. The molecule has 1 aromatic carbocycles. The summed E-state index contributed by atoms with van der Waals surface area (Å²) in [6.45, 7) is 2.64. The molecule has 1 aliphatic heterocycles. The van der Waals surface area contributed by atoms with E-state index in [-0.39, 0.29) is 30.1 Å². The van der Waals surface area contributed by atoms with Crippen molar-refractivity contribution in [1.82, 2.24) is 10.9 Å². The monoisotopic (exact) mass is 331 g/mol. The second-order valence-corrected chi connectivity index (χ2v) is 6.07. The normalized spacial score (nSPS) is 20.4. The van der Waals surface area contributed by atoms with E-state index in [4.69, 9.17) is 4.74 Å². The molecule has 0 spiro atoms. The Morgan fingerprint density at radius 1 is 1.25 bits per heavy atom. The number of hydrogen-bond acceptors (Lipinski definition) is 5. The molecule has 3 amide bonds. The van der Waals surface area contributed by atoms with Crippen LogP contribution in [-0.4, -0.2) is 30.4 Å². The van der Waals surface area contributed by atoms with E-state index < -0.39 is 6.04 Å². The van der Waals surface area contributed by atoms with Gasteiger partial charge < -0.3 is 4.74 Å². The highest BCUT2D eigenvalue weighted by atomic mass is 16.5. The average Bonchev–Trinajstić information content (AvgIpc) is 3.38. The van der Waals surface area contributed by atoms with Gasteiger partial charge in [-0.2, -0.15) is 0 Å². The summed E-state index contributed by atoms with van der Waals surface area (Å²) in [5.74, 6) is -0.0348. The molecule has 2 N–H and O–H groups in total. The largest absolute Gasteiger partial charge is 0.494 e. The van der Waals surface area contributed by atoms with Gasteiger partial charge in [0.1, 0.15) is 11.8 Å². The number of rotatable bonds is 7. The number of anilines is 1. The standard InChI is InChI=1S/C17H21N3O4/c1-2-9-24-13-7-5-12(6-8-13)20-15(21)10-14(17(20)23)18-19-16(22)11-3-4-11/h5-8,11,14,18H,2-4,9-10H2,1H3,(H,19,22)/t14-/m1/s1. The Morgan fingerprint density at radius 3 is 2.58 bits per heavy atom. The first-order valence-electron chi connectivity index (χ1n) is 8.25. The number of ether oxygens (including phenoxy) is 1. The molecule has 128 valence electrons. The van der Waals surface area contributed by atoms with Crippen LogP contribution in [0.2, 0.25) is 0 Å². The van der Waals surface area contributed by atoms with E-state index in [1.54, 1.807) is 24.3 Å². The van der Waals surface area contributed by atoms with E-state index in [2.05, 4.69) is 10.9 Å². The maximum Gasteiger partial charge on any atom is 0.253 e. The van der Waals surface area contributed by atoms with Crippen molar-refractivity contribution in [2.75, 3.05) is 11.5 Å². The minimum absolute atomic E-state index is 0.0257. The van der Waals surface area contributed by atoms with Crippen LogP contribution >= 0.6 is 0 Å². The summed E-state index contributed by atoms with van der Waals surface area (Å²) >= 11 is 0. The molecule has 7 heteroatoms. The molecule has 3 rings (SSSR count). The Labute approximate surface area is 140 Å². The number of nitrogens with zero attached hydrogens (tertiary/aromatic N) is 1. The summed E-state index contributed by atoms with van der Waals surface area (Å²) in [4.78, 5) is 37.4. The molecular formula is C17H21N3O4. The zero-order valence-electron chi connectivity index (χ0n) is 13.6. The number of carbonyl (C=O) groups is 3. The van der Waals surface area contributed by atoms with Crippen LogP contribution in [0.25, 0.3) is 0 Å². The van der Waals surface area contributed by atoms with Crippen molar-refractivity contribution in [3.8, 4) is 5.75 Å². The van der Waals surface area contributed by atoms with Crippen molar-refractivity contribution in [2.24, 2.45) is 5.92 Å². The predicted octanol–water partition coefficient (Wildman–Crippen LogP) is 1.14. The zero-order chi connectivity index (χ0) is 17.1. The lowest BCUT2D eigenvalue weighted by Gasteiger charge is -2.16. The highest BCUT2D eigenvalue weighted by Crippen LogP contribution is 2.29. The van der Waals surface area contributed by atoms with Crippen molar-refractivity contribution >= 4 is 23.4 Å². The van der Waals surface area contributed by atoms with Crippen molar-refractivity contribution in [3.63, 3.8) is 0 Å². The minimum atomic E-state index is -0.726. The van der Waals surface area contributed by atoms with Crippen molar-refractivity contribution < 1.29 is 19.1 Å². The molecule has 1 atom stereocenters. The van der Waals surface area contributed by atoms with Crippen LogP contribution < -0.4 is 20.5 Å². The summed E-state index contributed by atoms with van der Waals surface area (Å²) in [6, 6.07) is 6.12. The van der Waals surface area contributed by atoms with Crippen LogP contribution in [0, 0.1) is 5.92 Å². The van der Waals surface area contributed by atoms with Gasteiger partial charge in [0.25, 0.3) is 5.91 Å². The molecule has 1 aliphatic carbocycles. The first-order chi connectivity index (χ1) is 11.6. The molecular weight excluding hydrogens is 310 g/mol. The van der Waals surface area contributed by atoms with Crippen LogP contribution in [0.3, 0.4) is 0 Å². The van der Waals surface area contributed by atoms with Crippen LogP contribution in [0.4, 0.5) is 5.69 Å². The predicted molar refractivity (Wildman–Crippen MR) is 87.1 cm³/mol. The van der Waals surface area contributed by atoms with Gasteiger partial charge in [-0.15, -0.1) is 0 Å². The molecule has 24 heavy (non-hydrogen) atoms. The Kier molecular flexibility index (Phi) is 4.80. The summed E-state index contributed by atoms with van der Waals surface area (Å²) in [6.07, 6.45) is 2.69. The van der Waals surface area contributed by atoms with Gasteiger partial charge in [0.2, 0.25) is 11.8 Å². The van der Waals surface area contributed by atoms with Crippen LogP contribution in [0.15, 0.2) is 24.3 Å². The number of hydrogen-bond donors (Lipinski definition) is 2. The van der Waals surface area contributed by atoms with Gasteiger partial charge in [-0.25, -0.2) is 10.3 Å². The Bertz CT molecular complexity index is 640. The van der Waals surface area contributed by atoms with E-state index in [0.29, 0.717) is 18.0 Å². The number of amides is 3. The highest BCUT2D eigenvalue weighted by molar-refractivity contribution is 6.22. The quantitative estimate of drug-likeness (QED) is 0.578. The molecule has 0 bridgehead atoms. The third-order valence-corrected chi connectivity index (χ3v) is 4.03. The van der Waals surface area contributed by atoms with Gasteiger partial charge in [-0.05, 0) is 43.5 Å². The molecule has 0 unspecified atom stereocenters. The molecule has 0 radical (unpaired) electrons. The summed E-state index contributed by atoms with van der Waals surface area (Å²) in [5, 5.41) is 0. The lowest BCUT2D eigenvalue weighted by atomic mass is 10.2. The Balaban J connectivity index is 1.61. The number of imide groups is 1. The first-order valence-corrected chi connectivity index (χ1v) is 8.25. The topological polar surface area (TPSA) is 87.7 Å². The second kappa shape index (κ2) is 7.00. The zero-order valence-corrected chi connectivity index (χ0v) is 13.6. The smallest absolute Gasteiger partial charge is 0.253 e. The Morgan fingerprint density at radius 2 is 1.96 bits per heavy atom. The maximum atomic E-state index is 12.4. The average molecular weight is 331 g/mol. The fourth-order valence-corrected chi connectivity index (χ4v) is 2.53. The van der Waals surface area contributed by atoms with Gasteiger partial charge in [0.15, 0.2) is 0 Å². The molecule has 2 fully saturated rings. The van der Waals surface area contributed by atoms with Crippen molar-refractivity contribution in [1.29, 1.82) is 0 Å². The van der Waals surface area contributed by atoms with Crippen molar-refractivity contribution in [2.45, 2.75) is 38.6 Å². The van der Waals surface area contributed by atoms with Crippen molar-refractivity contribution in [3.05, 3.63) is 24.3 Å². The third-order valence-electron chi connectivity index (χ3n) is 4.03. The Hall–Kier alpha value is -2.41. The third kappa shape index (κ3) is 3.56. The van der Waals surface area contributed by atoms with Gasteiger partial charge in [-0.1, -0.05) is 6.92 Å². The second-order valence-electron chi connectivity index (χ2n) is 6.07. The van der Waals surface area contributed by atoms with Gasteiger partial charge in [0.05, 0.1) is 18.7 Å². The molecule has 1 saturated heterocycles. The number of hydrazine groups is 1. The molecule has 7 nitrogen and oxygen atoms in total. The van der Waals surface area contributed by atoms with Gasteiger partial charge in [-0.3, -0.25) is 19.8 Å². The van der Waals surface area contributed by atoms with E-state index >= 15 is 0 Å².